The second-order valence-electron chi connectivity index (χ2n) is 1.68. The van der Waals surface area contributed by atoms with Gasteiger partial charge >= 0.3 is 0 Å². The third-order valence-corrected chi connectivity index (χ3v) is 1.61. The van der Waals surface area contributed by atoms with Crippen molar-refractivity contribution < 1.29 is 4.79 Å². The molecule has 4 nitrogen and oxygen atoms in total. The lowest BCUT2D eigenvalue weighted by Crippen LogP contribution is -2.09. The van der Waals surface area contributed by atoms with Crippen molar-refractivity contribution >= 4 is 17.9 Å². The third-order valence-electron chi connectivity index (χ3n) is 1.03. The molecule has 0 aliphatic carbocycles. The summed E-state index contributed by atoms with van der Waals surface area (Å²) in [5.41, 5.74) is 5.42. The van der Waals surface area contributed by atoms with Crippen LogP contribution in [-0.4, -0.2) is 21.3 Å². The Morgan fingerprint density at radius 2 is 2.60 bits per heavy atom. The van der Waals surface area contributed by atoms with Crippen LogP contribution in [0.1, 0.15) is 10.4 Å². The molecule has 1 rings (SSSR count). The Morgan fingerprint density at radius 1 is 1.90 bits per heavy atom. The Labute approximate surface area is 62.5 Å². The van der Waals surface area contributed by atoms with Crippen LogP contribution in [0.4, 0.5) is 0 Å². The predicted octanol–water partition coefficient (Wildman–Crippen LogP) is 0.108. The van der Waals surface area contributed by atoms with Crippen molar-refractivity contribution in [3.05, 3.63) is 18.0 Å². The number of amides is 1. The van der Waals surface area contributed by atoms with Gasteiger partial charge in [0.15, 0.2) is 0 Å². The predicted molar refractivity (Wildman–Crippen MR) is 39.7 cm³/mol. The minimum absolute atomic E-state index is 0.439. The molecule has 0 unspecified atom stereocenters. The van der Waals surface area contributed by atoms with Crippen LogP contribution < -0.4 is 5.73 Å². The summed E-state index contributed by atoms with van der Waals surface area (Å²) in [7, 11) is 0. The van der Waals surface area contributed by atoms with Crippen LogP contribution in [0.3, 0.4) is 0 Å². The van der Waals surface area contributed by atoms with E-state index in [1.54, 1.807) is 10.3 Å². The zero-order valence-corrected chi connectivity index (χ0v) is 6.26. The SMILES string of the molecule is CSn1cc(C(N)=O)cn1. The molecule has 0 saturated heterocycles. The molecule has 0 aliphatic heterocycles. The lowest BCUT2D eigenvalue weighted by atomic mass is 10.4. The molecule has 54 valence electrons. The first-order valence-electron chi connectivity index (χ1n) is 2.63. The fourth-order valence-corrected chi connectivity index (χ4v) is 0.892. The second kappa shape index (κ2) is 2.74. The summed E-state index contributed by atoms with van der Waals surface area (Å²) < 4.78 is 1.57. The molecule has 0 aromatic carbocycles. The summed E-state index contributed by atoms with van der Waals surface area (Å²) in [5, 5.41) is 3.83. The number of nitrogens with two attached hydrogens (primary N) is 1. The smallest absolute Gasteiger partial charge is 0.251 e. The Balaban J connectivity index is 2.88. The first-order valence-corrected chi connectivity index (χ1v) is 3.81. The topological polar surface area (TPSA) is 60.9 Å². The summed E-state index contributed by atoms with van der Waals surface area (Å²) >= 11 is 1.40. The van der Waals surface area contributed by atoms with Crippen LogP contribution in [0.25, 0.3) is 0 Å². The fourth-order valence-electron chi connectivity index (χ4n) is 0.532. The molecule has 1 aromatic rings. The maximum Gasteiger partial charge on any atom is 0.251 e. The molecule has 10 heavy (non-hydrogen) atoms. The van der Waals surface area contributed by atoms with E-state index in [4.69, 9.17) is 5.73 Å². The first kappa shape index (κ1) is 7.14. The molecule has 0 saturated carbocycles. The number of aromatic nitrogens is 2. The number of primary amides is 1. The van der Waals surface area contributed by atoms with Crippen molar-refractivity contribution in [3.63, 3.8) is 0 Å². The van der Waals surface area contributed by atoms with Crippen molar-refractivity contribution in [2.24, 2.45) is 5.73 Å². The minimum atomic E-state index is -0.444. The van der Waals surface area contributed by atoms with Gasteiger partial charge in [0, 0.05) is 6.26 Å². The van der Waals surface area contributed by atoms with Gasteiger partial charge in [-0.05, 0) is 11.9 Å². The van der Waals surface area contributed by atoms with Crippen LogP contribution in [0.5, 0.6) is 0 Å². The molecule has 0 aliphatic rings. The summed E-state index contributed by atoms with van der Waals surface area (Å²) in [4.78, 5) is 10.5. The van der Waals surface area contributed by atoms with Gasteiger partial charge in [-0.1, -0.05) is 0 Å². The maximum absolute atomic E-state index is 10.5. The van der Waals surface area contributed by atoms with Crippen molar-refractivity contribution in [2.45, 2.75) is 0 Å². The number of carbonyl (C=O) groups excluding carboxylic acids is 1. The zero-order valence-electron chi connectivity index (χ0n) is 5.44. The van der Waals surface area contributed by atoms with Crippen molar-refractivity contribution in [1.82, 2.24) is 9.19 Å². The van der Waals surface area contributed by atoms with Gasteiger partial charge in [-0.15, -0.1) is 0 Å². The van der Waals surface area contributed by atoms with Crippen molar-refractivity contribution in [1.29, 1.82) is 0 Å². The standard InChI is InChI=1S/C5H7N3OS/c1-10-8-3-4(2-7-8)5(6)9/h2-3H,1H3,(H2,6,9). The third kappa shape index (κ3) is 1.30. The lowest BCUT2D eigenvalue weighted by Gasteiger charge is -1.87. The molecule has 0 atom stereocenters. The van der Waals surface area contributed by atoms with E-state index in [2.05, 4.69) is 5.10 Å². The second-order valence-corrected chi connectivity index (χ2v) is 2.42. The number of nitrogens with zero attached hydrogens (tertiary/aromatic N) is 2. The van der Waals surface area contributed by atoms with Crippen molar-refractivity contribution in [3.8, 4) is 0 Å². The molecular weight excluding hydrogens is 150 g/mol. The average molecular weight is 157 g/mol. The summed E-state index contributed by atoms with van der Waals surface area (Å²) in [6, 6.07) is 0. The van der Waals surface area contributed by atoms with Crippen LogP contribution in [0.15, 0.2) is 12.4 Å². The number of carbonyl (C=O) groups is 1. The van der Waals surface area contributed by atoms with Crippen LogP contribution in [-0.2, 0) is 0 Å². The van der Waals surface area contributed by atoms with Crippen LogP contribution in [0, 0.1) is 0 Å². The van der Waals surface area contributed by atoms with Gasteiger partial charge in [0.1, 0.15) is 0 Å². The van der Waals surface area contributed by atoms with E-state index in [-0.39, 0.29) is 0 Å². The van der Waals surface area contributed by atoms with E-state index < -0.39 is 5.91 Å². The quantitative estimate of drug-likeness (QED) is 0.662. The molecular formula is C5H7N3OS. The minimum Gasteiger partial charge on any atom is -0.366 e. The molecule has 0 fully saturated rings. The Morgan fingerprint density at radius 3 is 2.90 bits per heavy atom. The van der Waals surface area contributed by atoms with Gasteiger partial charge in [0.05, 0.1) is 18.0 Å². The monoisotopic (exact) mass is 157 g/mol. The Hall–Kier alpha value is -0.970. The van der Waals surface area contributed by atoms with Crippen LogP contribution in [0.2, 0.25) is 0 Å². The van der Waals surface area contributed by atoms with Crippen molar-refractivity contribution in [2.75, 3.05) is 6.26 Å². The molecule has 1 amide bonds. The fraction of sp³-hybridized carbons (Fsp3) is 0.200. The number of hydrogen-bond acceptors (Lipinski definition) is 3. The van der Waals surface area contributed by atoms with Gasteiger partial charge in [-0.25, -0.2) is 4.09 Å². The molecule has 2 N–H and O–H groups in total. The molecule has 1 heterocycles. The van der Waals surface area contributed by atoms with Gasteiger partial charge in [-0.3, -0.25) is 4.79 Å². The highest BCUT2D eigenvalue weighted by Gasteiger charge is 2.01. The summed E-state index contributed by atoms with van der Waals surface area (Å²) in [6.45, 7) is 0. The van der Waals surface area contributed by atoms with Gasteiger partial charge < -0.3 is 5.73 Å². The van der Waals surface area contributed by atoms with E-state index >= 15 is 0 Å². The highest BCUT2D eigenvalue weighted by atomic mass is 32.2. The number of hydrogen-bond donors (Lipinski definition) is 1. The first-order chi connectivity index (χ1) is 4.74. The molecule has 5 heteroatoms. The van der Waals surface area contributed by atoms with Crippen LogP contribution >= 0.6 is 11.9 Å². The van der Waals surface area contributed by atoms with E-state index in [0.29, 0.717) is 5.56 Å². The van der Waals surface area contributed by atoms with E-state index in [9.17, 15) is 4.79 Å². The van der Waals surface area contributed by atoms with E-state index in [1.807, 2.05) is 6.26 Å². The normalized spacial score (nSPS) is 9.70. The van der Waals surface area contributed by atoms with E-state index in [0.717, 1.165) is 0 Å². The molecule has 0 radical (unpaired) electrons. The molecule has 1 aromatic heterocycles. The molecule has 0 bridgehead atoms. The highest BCUT2D eigenvalue weighted by molar-refractivity contribution is 7.97. The summed E-state index contributed by atoms with van der Waals surface area (Å²) in [6.07, 6.45) is 4.89. The van der Waals surface area contributed by atoms with Gasteiger partial charge in [-0.2, -0.15) is 5.10 Å². The van der Waals surface area contributed by atoms with Gasteiger partial charge in [0.25, 0.3) is 5.91 Å². The number of rotatable bonds is 2. The lowest BCUT2D eigenvalue weighted by molar-refractivity contribution is 0.100. The zero-order chi connectivity index (χ0) is 7.56. The Bertz CT molecular complexity index is 245. The highest BCUT2D eigenvalue weighted by Crippen LogP contribution is 2.01. The van der Waals surface area contributed by atoms with Gasteiger partial charge in [0.2, 0.25) is 0 Å². The largest absolute Gasteiger partial charge is 0.366 e. The Kier molecular flexibility index (Phi) is 1.96. The average Bonchev–Trinajstić information content (AvgIpc) is 2.34. The summed E-state index contributed by atoms with van der Waals surface area (Å²) in [5.74, 6) is -0.444. The van der Waals surface area contributed by atoms with E-state index in [1.165, 1.54) is 18.1 Å². The maximum atomic E-state index is 10.5. The molecule has 0 spiro atoms.